The molecule has 16 heavy (non-hydrogen) atoms. The standard InChI is InChI=1S/C8H14N2O4S2/c11-15(12)1-5-6(2-15)10-8-4-16(13,14)3-7(8)9-5/h5-10H,1-4H2. The van der Waals surface area contributed by atoms with E-state index in [2.05, 4.69) is 10.6 Å². The highest BCUT2D eigenvalue weighted by atomic mass is 32.2. The molecule has 3 fully saturated rings. The second-order valence-electron chi connectivity index (χ2n) is 4.91. The van der Waals surface area contributed by atoms with Crippen molar-refractivity contribution in [2.75, 3.05) is 23.0 Å². The second-order valence-corrected chi connectivity index (χ2v) is 9.22. The molecule has 3 saturated heterocycles. The van der Waals surface area contributed by atoms with Gasteiger partial charge in [-0.1, -0.05) is 0 Å². The zero-order valence-corrected chi connectivity index (χ0v) is 10.2. The number of nitrogens with one attached hydrogen (secondary N) is 2. The van der Waals surface area contributed by atoms with E-state index < -0.39 is 19.7 Å². The van der Waals surface area contributed by atoms with Crippen molar-refractivity contribution in [3.63, 3.8) is 0 Å². The molecular weight excluding hydrogens is 252 g/mol. The lowest BCUT2D eigenvalue weighted by Gasteiger charge is -2.35. The van der Waals surface area contributed by atoms with Crippen LogP contribution in [0.4, 0.5) is 0 Å². The summed E-state index contributed by atoms with van der Waals surface area (Å²) in [6.07, 6.45) is 0. The molecule has 8 heteroatoms. The summed E-state index contributed by atoms with van der Waals surface area (Å²) >= 11 is 0. The van der Waals surface area contributed by atoms with Crippen molar-refractivity contribution >= 4 is 19.7 Å². The quantitative estimate of drug-likeness (QED) is 0.504. The second kappa shape index (κ2) is 3.18. The fourth-order valence-corrected chi connectivity index (χ4v) is 6.68. The molecular formula is C8H14N2O4S2. The van der Waals surface area contributed by atoms with Crippen molar-refractivity contribution in [2.45, 2.75) is 24.2 Å². The Balaban J connectivity index is 1.83. The molecule has 0 aromatic carbocycles. The van der Waals surface area contributed by atoms with E-state index in [9.17, 15) is 16.8 Å². The average molecular weight is 266 g/mol. The fraction of sp³-hybridized carbons (Fsp3) is 1.00. The van der Waals surface area contributed by atoms with Crippen LogP contribution in [0.15, 0.2) is 0 Å². The van der Waals surface area contributed by atoms with Crippen LogP contribution in [0.2, 0.25) is 0 Å². The number of rotatable bonds is 0. The van der Waals surface area contributed by atoms with Gasteiger partial charge in [-0.2, -0.15) is 0 Å². The van der Waals surface area contributed by atoms with Crippen LogP contribution in [0.3, 0.4) is 0 Å². The predicted molar refractivity (Wildman–Crippen MR) is 58.7 cm³/mol. The molecule has 0 bridgehead atoms. The van der Waals surface area contributed by atoms with Gasteiger partial charge >= 0.3 is 0 Å². The van der Waals surface area contributed by atoms with Crippen LogP contribution in [0.25, 0.3) is 0 Å². The number of hydrogen-bond acceptors (Lipinski definition) is 6. The Morgan fingerprint density at radius 1 is 0.625 bits per heavy atom. The minimum absolute atomic E-state index is 0.119. The molecule has 0 saturated carbocycles. The van der Waals surface area contributed by atoms with E-state index >= 15 is 0 Å². The van der Waals surface area contributed by atoms with E-state index in [0.717, 1.165) is 0 Å². The first-order valence-corrected chi connectivity index (χ1v) is 8.92. The Morgan fingerprint density at radius 2 is 0.875 bits per heavy atom. The van der Waals surface area contributed by atoms with Crippen LogP contribution in [-0.4, -0.2) is 64.0 Å². The van der Waals surface area contributed by atoms with Gasteiger partial charge in [0.05, 0.1) is 23.0 Å². The van der Waals surface area contributed by atoms with Crippen molar-refractivity contribution in [1.29, 1.82) is 0 Å². The van der Waals surface area contributed by atoms with Gasteiger partial charge in [0.1, 0.15) is 0 Å². The third-order valence-electron chi connectivity index (χ3n) is 3.56. The van der Waals surface area contributed by atoms with Crippen LogP contribution in [0.5, 0.6) is 0 Å². The molecule has 0 aliphatic carbocycles. The number of fused-ring (bicyclic) bond motifs is 2. The summed E-state index contributed by atoms with van der Waals surface area (Å²) in [7, 11) is -5.93. The first-order valence-electron chi connectivity index (χ1n) is 5.28. The molecule has 92 valence electrons. The van der Waals surface area contributed by atoms with Crippen molar-refractivity contribution in [3.8, 4) is 0 Å². The van der Waals surface area contributed by atoms with Gasteiger partial charge in [-0.05, 0) is 0 Å². The average Bonchev–Trinajstić information content (AvgIpc) is 2.51. The Kier molecular flexibility index (Phi) is 2.18. The maximum atomic E-state index is 11.4. The number of hydrogen-bond donors (Lipinski definition) is 2. The summed E-state index contributed by atoms with van der Waals surface area (Å²) in [5.41, 5.74) is 0. The van der Waals surface area contributed by atoms with Gasteiger partial charge in [-0.3, -0.25) is 0 Å². The van der Waals surface area contributed by atoms with Crippen LogP contribution >= 0.6 is 0 Å². The Bertz CT molecular complexity index is 432. The summed E-state index contributed by atoms with van der Waals surface area (Å²) < 4.78 is 45.8. The lowest BCUT2D eigenvalue weighted by Crippen LogP contribution is -2.65. The molecule has 0 aromatic rings. The SMILES string of the molecule is O=S1(=O)CC2NC3CS(=O)(=O)CC3NC2C1. The first-order chi connectivity index (χ1) is 7.35. The molecule has 3 aliphatic heterocycles. The first kappa shape index (κ1) is 10.9. The fourth-order valence-electron chi connectivity index (χ4n) is 2.90. The van der Waals surface area contributed by atoms with Crippen molar-refractivity contribution in [2.24, 2.45) is 0 Å². The normalized spacial score (nSPS) is 48.5. The summed E-state index contributed by atoms with van der Waals surface area (Å²) in [5, 5.41) is 6.34. The number of sulfone groups is 2. The third kappa shape index (κ3) is 1.77. The van der Waals surface area contributed by atoms with Gasteiger partial charge in [-0.25, -0.2) is 16.8 Å². The van der Waals surface area contributed by atoms with E-state index in [1.807, 2.05) is 0 Å². The van der Waals surface area contributed by atoms with Gasteiger partial charge in [0.2, 0.25) is 0 Å². The zero-order valence-electron chi connectivity index (χ0n) is 8.59. The van der Waals surface area contributed by atoms with Crippen LogP contribution in [-0.2, 0) is 19.7 Å². The molecule has 0 spiro atoms. The van der Waals surface area contributed by atoms with Gasteiger partial charge in [0.15, 0.2) is 19.7 Å². The lowest BCUT2D eigenvalue weighted by molar-refractivity contribution is 0.276. The monoisotopic (exact) mass is 266 g/mol. The van der Waals surface area contributed by atoms with Gasteiger partial charge in [0.25, 0.3) is 0 Å². The Morgan fingerprint density at radius 3 is 1.12 bits per heavy atom. The maximum absolute atomic E-state index is 11.4. The summed E-state index contributed by atoms with van der Waals surface area (Å²) in [6.45, 7) is 0. The Hall–Kier alpha value is -0.180. The van der Waals surface area contributed by atoms with Crippen molar-refractivity contribution in [3.05, 3.63) is 0 Å². The molecule has 3 aliphatic rings. The summed E-state index contributed by atoms with van der Waals surface area (Å²) in [5.74, 6) is 0.476. The zero-order chi connectivity index (χ0) is 11.6. The van der Waals surface area contributed by atoms with E-state index in [1.54, 1.807) is 0 Å². The molecule has 3 rings (SSSR count). The smallest absolute Gasteiger partial charge is 0.153 e. The van der Waals surface area contributed by atoms with E-state index in [0.29, 0.717) is 0 Å². The van der Waals surface area contributed by atoms with Gasteiger partial charge in [-0.15, -0.1) is 0 Å². The highest BCUT2D eigenvalue weighted by Crippen LogP contribution is 2.23. The molecule has 0 amide bonds. The molecule has 6 nitrogen and oxygen atoms in total. The minimum Gasteiger partial charge on any atom is -0.306 e. The van der Waals surface area contributed by atoms with Gasteiger partial charge in [0, 0.05) is 24.2 Å². The highest BCUT2D eigenvalue weighted by Gasteiger charge is 2.49. The predicted octanol–water partition coefficient (Wildman–Crippen LogP) is -2.49. The van der Waals surface area contributed by atoms with Gasteiger partial charge < -0.3 is 10.6 Å². The van der Waals surface area contributed by atoms with E-state index in [4.69, 9.17) is 0 Å². The van der Waals surface area contributed by atoms with E-state index in [-0.39, 0.29) is 47.2 Å². The lowest BCUT2D eigenvalue weighted by atomic mass is 10.0. The van der Waals surface area contributed by atoms with E-state index in [1.165, 1.54) is 0 Å². The third-order valence-corrected chi connectivity index (χ3v) is 7.03. The topological polar surface area (TPSA) is 92.3 Å². The molecule has 0 aromatic heterocycles. The number of piperazine rings is 1. The molecule has 4 unspecified atom stereocenters. The highest BCUT2D eigenvalue weighted by molar-refractivity contribution is 7.92. The summed E-state index contributed by atoms with van der Waals surface area (Å²) in [4.78, 5) is 0. The van der Waals surface area contributed by atoms with Crippen LogP contribution < -0.4 is 10.6 Å². The Labute approximate surface area is 94.6 Å². The van der Waals surface area contributed by atoms with Crippen molar-refractivity contribution in [1.82, 2.24) is 10.6 Å². The largest absolute Gasteiger partial charge is 0.306 e. The molecule has 4 atom stereocenters. The molecule has 3 heterocycles. The minimum atomic E-state index is -2.96. The maximum Gasteiger partial charge on any atom is 0.153 e. The van der Waals surface area contributed by atoms with Crippen LogP contribution in [0.1, 0.15) is 0 Å². The van der Waals surface area contributed by atoms with Crippen molar-refractivity contribution < 1.29 is 16.8 Å². The molecule has 2 N–H and O–H groups in total. The van der Waals surface area contributed by atoms with Crippen LogP contribution in [0, 0.1) is 0 Å². The molecule has 0 radical (unpaired) electrons. The summed E-state index contributed by atoms with van der Waals surface area (Å²) in [6, 6.07) is -0.502.